The second-order valence-corrected chi connectivity index (χ2v) is 4.78. The van der Waals surface area contributed by atoms with Gasteiger partial charge in [0.15, 0.2) is 0 Å². The fraction of sp³-hybridized carbons (Fsp3) is 0.643. The van der Waals surface area contributed by atoms with Crippen molar-refractivity contribution in [3.05, 3.63) is 23.4 Å². The minimum absolute atomic E-state index is 0.347. The monoisotopic (exact) mass is 249 g/mol. The van der Waals surface area contributed by atoms with Gasteiger partial charge in [-0.2, -0.15) is 0 Å². The largest absolute Gasteiger partial charge is 0.377 e. The van der Waals surface area contributed by atoms with Crippen LogP contribution in [0.15, 0.2) is 12.1 Å². The first-order valence-corrected chi connectivity index (χ1v) is 6.77. The van der Waals surface area contributed by atoms with E-state index in [0.29, 0.717) is 12.6 Å². The molecule has 1 aliphatic rings. The Hall–Kier alpha value is -1.13. The molecule has 4 heteroatoms. The molecule has 0 aliphatic carbocycles. The van der Waals surface area contributed by atoms with Crippen LogP contribution in [0.25, 0.3) is 0 Å². The third-order valence-electron chi connectivity index (χ3n) is 3.50. The number of ether oxygens (including phenoxy) is 1. The van der Waals surface area contributed by atoms with Gasteiger partial charge in [0.1, 0.15) is 5.82 Å². The molecule has 18 heavy (non-hydrogen) atoms. The summed E-state index contributed by atoms with van der Waals surface area (Å²) in [5, 5.41) is 0. The van der Waals surface area contributed by atoms with Crippen LogP contribution in [-0.4, -0.2) is 30.8 Å². The van der Waals surface area contributed by atoms with Crippen LogP contribution in [0.2, 0.25) is 0 Å². The molecule has 0 saturated carbocycles. The van der Waals surface area contributed by atoms with Crippen molar-refractivity contribution in [3.8, 4) is 0 Å². The van der Waals surface area contributed by atoms with Crippen LogP contribution in [0.5, 0.6) is 0 Å². The summed E-state index contributed by atoms with van der Waals surface area (Å²) < 4.78 is 5.72. The van der Waals surface area contributed by atoms with Gasteiger partial charge in [0.05, 0.1) is 6.10 Å². The summed E-state index contributed by atoms with van der Waals surface area (Å²) in [5.74, 6) is 1.05. The van der Waals surface area contributed by atoms with E-state index in [1.165, 1.54) is 6.42 Å². The van der Waals surface area contributed by atoms with Crippen molar-refractivity contribution in [2.45, 2.75) is 39.3 Å². The van der Waals surface area contributed by atoms with Crippen LogP contribution in [0, 0.1) is 6.92 Å². The molecular formula is C14H23N3O. The van der Waals surface area contributed by atoms with Crippen molar-refractivity contribution in [1.82, 2.24) is 4.98 Å². The molecule has 2 rings (SSSR count). The van der Waals surface area contributed by atoms with Gasteiger partial charge in [-0.05, 0) is 38.3 Å². The van der Waals surface area contributed by atoms with E-state index in [1.807, 2.05) is 6.92 Å². The summed E-state index contributed by atoms with van der Waals surface area (Å²) >= 11 is 0. The van der Waals surface area contributed by atoms with Gasteiger partial charge in [-0.15, -0.1) is 0 Å². The quantitative estimate of drug-likeness (QED) is 0.885. The van der Waals surface area contributed by atoms with E-state index >= 15 is 0 Å². The molecule has 0 aromatic carbocycles. The standard InChI is InChI=1S/C14H23N3O/c1-3-18-13-5-4-8-17(10-13)14-7-6-12(9-15)11(2)16-14/h6-7,13H,3-5,8-10,15H2,1-2H3. The number of hydrogen-bond donors (Lipinski definition) is 1. The average molecular weight is 249 g/mol. The number of hydrogen-bond acceptors (Lipinski definition) is 4. The SMILES string of the molecule is CCOC1CCCN(c2ccc(CN)c(C)n2)C1. The van der Waals surface area contributed by atoms with Crippen LogP contribution in [0.3, 0.4) is 0 Å². The highest BCUT2D eigenvalue weighted by atomic mass is 16.5. The molecule has 0 spiro atoms. The van der Waals surface area contributed by atoms with Gasteiger partial charge in [-0.1, -0.05) is 6.07 Å². The van der Waals surface area contributed by atoms with Gasteiger partial charge in [-0.25, -0.2) is 4.98 Å². The Morgan fingerprint density at radius 1 is 1.50 bits per heavy atom. The molecule has 0 radical (unpaired) electrons. The molecule has 1 aromatic heterocycles. The summed E-state index contributed by atoms with van der Waals surface area (Å²) in [4.78, 5) is 6.97. The number of anilines is 1. The number of aryl methyl sites for hydroxylation is 1. The van der Waals surface area contributed by atoms with Gasteiger partial charge < -0.3 is 15.4 Å². The van der Waals surface area contributed by atoms with Crippen molar-refractivity contribution in [2.75, 3.05) is 24.6 Å². The van der Waals surface area contributed by atoms with Crippen molar-refractivity contribution in [1.29, 1.82) is 0 Å². The van der Waals surface area contributed by atoms with Gasteiger partial charge in [-0.3, -0.25) is 0 Å². The molecule has 2 N–H and O–H groups in total. The highest BCUT2D eigenvalue weighted by molar-refractivity contribution is 5.42. The Kier molecular flexibility index (Phi) is 4.55. The first kappa shape index (κ1) is 13.3. The predicted molar refractivity (Wildman–Crippen MR) is 73.7 cm³/mol. The molecule has 1 unspecified atom stereocenters. The number of pyridine rings is 1. The molecule has 1 aromatic rings. The molecule has 1 fully saturated rings. The summed E-state index contributed by atoms with van der Waals surface area (Å²) in [6.45, 7) is 7.44. The first-order valence-electron chi connectivity index (χ1n) is 6.77. The Morgan fingerprint density at radius 2 is 2.33 bits per heavy atom. The van der Waals surface area contributed by atoms with E-state index < -0.39 is 0 Å². The lowest BCUT2D eigenvalue weighted by molar-refractivity contribution is 0.0525. The van der Waals surface area contributed by atoms with E-state index in [4.69, 9.17) is 10.5 Å². The predicted octanol–water partition coefficient (Wildman–Crippen LogP) is 1.85. The number of rotatable bonds is 4. The zero-order chi connectivity index (χ0) is 13.0. The smallest absolute Gasteiger partial charge is 0.128 e. The van der Waals surface area contributed by atoms with E-state index in [0.717, 1.165) is 43.2 Å². The maximum Gasteiger partial charge on any atom is 0.128 e. The molecule has 0 amide bonds. The lowest BCUT2D eigenvalue weighted by atomic mass is 10.1. The first-order chi connectivity index (χ1) is 8.74. The number of aromatic nitrogens is 1. The summed E-state index contributed by atoms with van der Waals surface area (Å²) in [7, 11) is 0. The minimum Gasteiger partial charge on any atom is -0.377 e. The van der Waals surface area contributed by atoms with Gasteiger partial charge in [0.25, 0.3) is 0 Å². The summed E-state index contributed by atoms with van der Waals surface area (Å²) in [6, 6.07) is 4.16. The highest BCUT2D eigenvalue weighted by Gasteiger charge is 2.21. The second-order valence-electron chi connectivity index (χ2n) is 4.78. The van der Waals surface area contributed by atoms with E-state index in [-0.39, 0.29) is 0 Å². The molecule has 0 bridgehead atoms. The van der Waals surface area contributed by atoms with Crippen molar-refractivity contribution in [3.63, 3.8) is 0 Å². The van der Waals surface area contributed by atoms with Gasteiger partial charge in [0, 0.05) is 31.9 Å². The molecule has 100 valence electrons. The lowest BCUT2D eigenvalue weighted by Crippen LogP contribution is -2.40. The molecular weight excluding hydrogens is 226 g/mol. The Labute approximate surface area is 109 Å². The fourth-order valence-electron chi connectivity index (χ4n) is 2.49. The van der Waals surface area contributed by atoms with E-state index in [1.54, 1.807) is 0 Å². The van der Waals surface area contributed by atoms with Crippen LogP contribution in [0.1, 0.15) is 31.0 Å². The van der Waals surface area contributed by atoms with Crippen molar-refractivity contribution < 1.29 is 4.74 Å². The topological polar surface area (TPSA) is 51.4 Å². The second kappa shape index (κ2) is 6.16. The highest BCUT2D eigenvalue weighted by Crippen LogP contribution is 2.21. The Bertz CT molecular complexity index is 393. The summed E-state index contributed by atoms with van der Waals surface area (Å²) in [6.07, 6.45) is 2.67. The number of piperidine rings is 1. The normalized spacial score (nSPS) is 20.2. The molecule has 1 saturated heterocycles. The maximum atomic E-state index is 5.72. The Morgan fingerprint density at radius 3 is 3.00 bits per heavy atom. The molecule has 2 heterocycles. The third-order valence-corrected chi connectivity index (χ3v) is 3.50. The van der Waals surface area contributed by atoms with Crippen molar-refractivity contribution in [2.24, 2.45) is 5.73 Å². The fourth-order valence-corrected chi connectivity index (χ4v) is 2.49. The zero-order valence-electron chi connectivity index (χ0n) is 11.4. The van der Waals surface area contributed by atoms with Crippen molar-refractivity contribution >= 4 is 5.82 Å². The van der Waals surface area contributed by atoms with E-state index in [2.05, 4.69) is 28.9 Å². The number of nitrogens with two attached hydrogens (primary N) is 1. The molecule has 1 atom stereocenters. The maximum absolute atomic E-state index is 5.72. The average Bonchev–Trinajstić information content (AvgIpc) is 2.39. The molecule has 1 aliphatic heterocycles. The zero-order valence-corrected chi connectivity index (χ0v) is 11.4. The van der Waals surface area contributed by atoms with Gasteiger partial charge >= 0.3 is 0 Å². The van der Waals surface area contributed by atoms with Crippen LogP contribution in [0.4, 0.5) is 5.82 Å². The Balaban J connectivity index is 2.08. The third kappa shape index (κ3) is 3.00. The minimum atomic E-state index is 0.347. The van der Waals surface area contributed by atoms with Crippen LogP contribution in [-0.2, 0) is 11.3 Å². The summed E-state index contributed by atoms with van der Waals surface area (Å²) in [5.41, 5.74) is 7.83. The van der Waals surface area contributed by atoms with Crippen LogP contribution < -0.4 is 10.6 Å². The molecule has 4 nitrogen and oxygen atoms in total. The van der Waals surface area contributed by atoms with E-state index in [9.17, 15) is 0 Å². The number of nitrogens with zero attached hydrogens (tertiary/aromatic N) is 2. The van der Waals surface area contributed by atoms with Gasteiger partial charge in [0.2, 0.25) is 0 Å². The van der Waals surface area contributed by atoms with Crippen LogP contribution >= 0.6 is 0 Å². The lowest BCUT2D eigenvalue weighted by Gasteiger charge is -2.33.